The number of ether oxygens (including phenoxy) is 1. The van der Waals surface area contributed by atoms with E-state index in [1.54, 1.807) is 6.08 Å². The van der Waals surface area contributed by atoms with Gasteiger partial charge in [0.25, 0.3) is 0 Å². The first-order valence-corrected chi connectivity index (χ1v) is 32.8. The summed E-state index contributed by atoms with van der Waals surface area (Å²) in [6, 6.07) is -0.631. The van der Waals surface area contributed by atoms with Crippen molar-refractivity contribution in [1.29, 1.82) is 0 Å². The largest absolute Gasteiger partial charge is 0.466 e. The molecule has 430 valence electrons. The van der Waals surface area contributed by atoms with Crippen molar-refractivity contribution in [3.63, 3.8) is 0 Å². The maximum Gasteiger partial charge on any atom is 0.305 e. The van der Waals surface area contributed by atoms with Gasteiger partial charge in [0.15, 0.2) is 0 Å². The van der Waals surface area contributed by atoms with Crippen LogP contribution in [0.2, 0.25) is 0 Å². The Hall–Kier alpha value is -1.92. The fraction of sp³-hybridized carbons (Fsp3) is 0.881. The van der Waals surface area contributed by atoms with Crippen LogP contribution >= 0.6 is 0 Å². The second-order valence-corrected chi connectivity index (χ2v) is 22.4. The summed E-state index contributed by atoms with van der Waals surface area (Å²) in [7, 11) is 0. The van der Waals surface area contributed by atoms with Crippen LogP contribution in [-0.4, -0.2) is 47.4 Å². The number of carbonyl (C=O) groups excluding carboxylic acids is 2. The summed E-state index contributed by atoms with van der Waals surface area (Å²) < 4.78 is 5.47. The third kappa shape index (κ3) is 59.2. The number of rotatable bonds is 61. The van der Waals surface area contributed by atoms with Gasteiger partial charge in [-0.25, -0.2) is 0 Å². The van der Waals surface area contributed by atoms with Crippen LogP contribution in [0.25, 0.3) is 0 Å². The van der Waals surface area contributed by atoms with Crippen LogP contribution < -0.4 is 5.32 Å². The van der Waals surface area contributed by atoms with Crippen molar-refractivity contribution in [2.45, 2.75) is 366 Å². The van der Waals surface area contributed by atoms with Crippen LogP contribution in [0.15, 0.2) is 36.5 Å². The number of hydrogen-bond donors (Lipinski definition) is 3. The van der Waals surface area contributed by atoms with Crippen molar-refractivity contribution in [3.8, 4) is 0 Å². The van der Waals surface area contributed by atoms with Gasteiger partial charge in [-0.15, -0.1) is 0 Å². The Morgan fingerprint density at radius 1 is 0.370 bits per heavy atom. The van der Waals surface area contributed by atoms with E-state index < -0.39 is 12.1 Å². The second-order valence-electron chi connectivity index (χ2n) is 22.4. The molecule has 3 N–H and O–H groups in total. The second kappa shape index (κ2) is 62.6. The molecule has 0 aliphatic heterocycles. The number of esters is 1. The fourth-order valence-electron chi connectivity index (χ4n) is 10.1. The molecule has 0 aromatic rings. The zero-order chi connectivity index (χ0) is 52.9. The van der Waals surface area contributed by atoms with Crippen molar-refractivity contribution in [3.05, 3.63) is 36.5 Å². The van der Waals surface area contributed by atoms with E-state index >= 15 is 0 Å². The average molecular weight is 1030 g/mol. The first-order valence-electron chi connectivity index (χ1n) is 32.8. The lowest BCUT2D eigenvalue weighted by molar-refractivity contribution is -0.143. The molecule has 0 radical (unpaired) electrons. The highest BCUT2D eigenvalue weighted by molar-refractivity contribution is 5.76. The first-order chi connectivity index (χ1) is 36.0. The maximum absolute atomic E-state index is 12.5. The quantitative estimate of drug-likeness (QED) is 0.0320. The zero-order valence-corrected chi connectivity index (χ0v) is 49.1. The van der Waals surface area contributed by atoms with Gasteiger partial charge in [0.2, 0.25) is 5.91 Å². The summed E-state index contributed by atoms with van der Waals surface area (Å²) in [6.45, 7) is 4.91. The molecule has 2 unspecified atom stereocenters. The van der Waals surface area contributed by atoms with Crippen LogP contribution in [0.5, 0.6) is 0 Å². The van der Waals surface area contributed by atoms with Gasteiger partial charge in [-0.1, -0.05) is 294 Å². The normalized spacial score (nSPS) is 12.8. The van der Waals surface area contributed by atoms with Crippen LogP contribution in [0.3, 0.4) is 0 Å². The third-order valence-electron chi connectivity index (χ3n) is 15.1. The van der Waals surface area contributed by atoms with E-state index in [2.05, 4.69) is 43.5 Å². The van der Waals surface area contributed by atoms with Crippen molar-refractivity contribution in [2.75, 3.05) is 13.2 Å². The highest BCUT2D eigenvalue weighted by Crippen LogP contribution is 2.17. The van der Waals surface area contributed by atoms with Crippen molar-refractivity contribution >= 4 is 11.9 Å². The molecule has 6 nitrogen and oxygen atoms in total. The summed E-state index contributed by atoms with van der Waals surface area (Å²) in [6.07, 6.45) is 79.1. The number of hydrogen-bond acceptors (Lipinski definition) is 5. The number of carbonyl (C=O) groups is 2. The van der Waals surface area contributed by atoms with Gasteiger partial charge in [0.05, 0.1) is 25.4 Å². The minimum absolute atomic E-state index is 0.00388. The predicted molar refractivity (Wildman–Crippen MR) is 319 cm³/mol. The average Bonchev–Trinajstić information content (AvgIpc) is 3.39. The van der Waals surface area contributed by atoms with Gasteiger partial charge in [-0.05, 0) is 83.5 Å². The summed E-state index contributed by atoms with van der Waals surface area (Å²) in [4.78, 5) is 24.5. The Morgan fingerprint density at radius 2 is 0.644 bits per heavy atom. The minimum atomic E-state index is -0.847. The van der Waals surface area contributed by atoms with Gasteiger partial charge >= 0.3 is 5.97 Å². The number of aliphatic hydroxyl groups excluding tert-OH is 2. The minimum Gasteiger partial charge on any atom is -0.466 e. The summed E-state index contributed by atoms with van der Waals surface area (Å²) >= 11 is 0. The first kappa shape index (κ1) is 71.1. The van der Waals surface area contributed by atoms with Crippen LogP contribution in [0.4, 0.5) is 0 Å². The molecule has 0 aliphatic carbocycles. The molecule has 0 bridgehead atoms. The number of unbranched alkanes of at least 4 members (excludes halogenated alkanes) is 46. The van der Waals surface area contributed by atoms with Crippen molar-refractivity contribution in [1.82, 2.24) is 5.32 Å². The molecule has 6 heteroatoms. The maximum atomic E-state index is 12.5. The summed E-state index contributed by atoms with van der Waals surface area (Å²) in [5.41, 5.74) is 0. The molecule has 2 atom stereocenters. The highest BCUT2D eigenvalue weighted by atomic mass is 16.5. The number of allylic oxidation sites excluding steroid dienone is 5. The third-order valence-corrected chi connectivity index (χ3v) is 15.1. The van der Waals surface area contributed by atoms with Crippen LogP contribution in [-0.2, 0) is 14.3 Å². The van der Waals surface area contributed by atoms with Gasteiger partial charge in [0, 0.05) is 12.8 Å². The summed E-state index contributed by atoms with van der Waals surface area (Å²) in [5, 5.41) is 23.2. The van der Waals surface area contributed by atoms with E-state index in [0.717, 1.165) is 44.9 Å². The Balaban J connectivity index is 3.43. The molecule has 0 saturated carbocycles. The zero-order valence-electron chi connectivity index (χ0n) is 49.1. The fourth-order valence-corrected chi connectivity index (χ4v) is 10.1. The smallest absolute Gasteiger partial charge is 0.305 e. The SMILES string of the molecule is CCCCCC/C=C\CCCCCCCC(=O)OCCCCCCCCCCCCCC/C=C\CCCCCCCCCCCC(=O)NC(CO)C(O)/C=C/CCCCCCCCCCCCCCCCCC. The Morgan fingerprint density at radius 3 is 0.986 bits per heavy atom. The van der Waals surface area contributed by atoms with Crippen LogP contribution in [0, 0.1) is 0 Å². The molecule has 0 aliphatic rings. The van der Waals surface area contributed by atoms with E-state index in [4.69, 9.17) is 4.74 Å². The Bertz CT molecular complexity index is 1180. The molecule has 0 aromatic carbocycles. The molecule has 73 heavy (non-hydrogen) atoms. The van der Waals surface area contributed by atoms with Gasteiger partial charge in [0.1, 0.15) is 0 Å². The van der Waals surface area contributed by atoms with Crippen LogP contribution in [0.1, 0.15) is 354 Å². The van der Waals surface area contributed by atoms with E-state index in [9.17, 15) is 19.8 Å². The van der Waals surface area contributed by atoms with E-state index in [-0.39, 0.29) is 18.5 Å². The molecule has 1 amide bonds. The van der Waals surface area contributed by atoms with Gasteiger partial charge in [-0.3, -0.25) is 9.59 Å². The standard InChI is InChI=1S/C67H127NO5/c1-3-5-7-9-11-13-15-17-18-19-29-32-36-39-43-47-51-55-59-65(70)64(63-69)68-66(71)60-56-52-48-44-40-37-33-30-27-25-23-21-20-22-24-26-28-31-34-38-42-46-50-54-58-62-73-67(72)61-57-53-49-45-41-35-16-14-12-10-8-6-4-2/h14,16,21,23,55,59,64-65,69-70H,3-13,15,17-20,22,24-54,56-58,60-63H2,1-2H3,(H,68,71)/b16-14-,23-21-,59-55+. The molecule has 0 heterocycles. The number of nitrogens with one attached hydrogen (secondary N) is 1. The molecule has 0 aromatic heterocycles. The van der Waals surface area contributed by atoms with Crippen molar-refractivity contribution < 1.29 is 24.5 Å². The highest BCUT2D eigenvalue weighted by Gasteiger charge is 2.18. The molecular weight excluding hydrogens is 899 g/mol. The molecule has 0 fully saturated rings. The lowest BCUT2D eigenvalue weighted by Crippen LogP contribution is -2.45. The Kier molecular flexibility index (Phi) is 61.0. The predicted octanol–water partition coefficient (Wildman–Crippen LogP) is 20.8. The lowest BCUT2D eigenvalue weighted by atomic mass is 10.0. The summed E-state index contributed by atoms with van der Waals surface area (Å²) in [5.74, 6) is -0.0649. The van der Waals surface area contributed by atoms with E-state index in [1.807, 2.05) is 6.08 Å². The molecular formula is C67H127NO5. The number of aliphatic hydroxyl groups is 2. The lowest BCUT2D eigenvalue weighted by Gasteiger charge is -2.20. The topological polar surface area (TPSA) is 95.9 Å². The van der Waals surface area contributed by atoms with Crippen molar-refractivity contribution in [2.24, 2.45) is 0 Å². The van der Waals surface area contributed by atoms with E-state index in [0.29, 0.717) is 19.4 Å². The monoisotopic (exact) mass is 1030 g/mol. The Labute approximate surface area is 455 Å². The number of amides is 1. The van der Waals surface area contributed by atoms with E-state index in [1.165, 1.54) is 283 Å². The molecule has 0 saturated heterocycles. The van der Waals surface area contributed by atoms with Gasteiger partial charge < -0.3 is 20.3 Å². The molecule has 0 spiro atoms. The molecule has 0 rings (SSSR count). The van der Waals surface area contributed by atoms with Gasteiger partial charge in [-0.2, -0.15) is 0 Å².